The van der Waals surface area contributed by atoms with Gasteiger partial charge in [0.1, 0.15) is 5.82 Å². The fourth-order valence-electron chi connectivity index (χ4n) is 1.03. The van der Waals surface area contributed by atoms with E-state index in [1.54, 1.807) is 0 Å². The van der Waals surface area contributed by atoms with Crippen molar-refractivity contribution >= 4 is 23.2 Å². The molecule has 4 heteroatoms. The van der Waals surface area contributed by atoms with Crippen LogP contribution in [0, 0.1) is 11.2 Å². The maximum Gasteiger partial charge on any atom is 0.230 e. The minimum Gasteiger partial charge on any atom is -0.326 e. The van der Waals surface area contributed by atoms with E-state index in [9.17, 15) is 9.18 Å². The average Bonchev–Trinajstić information content (AvgIpc) is 2.23. The Morgan fingerprint density at radius 2 is 2.12 bits per heavy atom. The first-order valence-corrected chi connectivity index (χ1v) is 5.51. The third-order valence-corrected chi connectivity index (χ3v) is 2.97. The summed E-state index contributed by atoms with van der Waals surface area (Å²) in [6, 6.07) is 4.13. The molecule has 0 aromatic heterocycles. The predicted octanol–water partition coefficient (Wildman–Crippen LogP) is 3.85. The summed E-state index contributed by atoms with van der Waals surface area (Å²) >= 11 is 5.62. The molecule has 1 aromatic rings. The molecule has 0 heterocycles. The Balaban J connectivity index is 2.82. The standard InChI is InChI=1S/C12H15ClFNO/c1-4-12(2,3)11(16)15-8-5-6-10(14)9(13)7-8/h5-7H,4H2,1-3H3,(H,15,16). The van der Waals surface area contributed by atoms with Gasteiger partial charge in [-0.2, -0.15) is 0 Å². The van der Waals surface area contributed by atoms with Crippen LogP contribution in [-0.4, -0.2) is 5.91 Å². The Labute approximate surface area is 99.8 Å². The SMILES string of the molecule is CCC(C)(C)C(=O)Nc1ccc(F)c(Cl)c1. The van der Waals surface area contributed by atoms with E-state index in [0.717, 1.165) is 6.42 Å². The van der Waals surface area contributed by atoms with Gasteiger partial charge in [-0.25, -0.2) is 4.39 Å². The van der Waals surface area contributed by atoms with Crippen LogP contribution >= 0.6 is 11.6 Å². The zero-order valence-electron chi connectivity index (χ0n) is 9.60. The lowest BCUT2D eigenvalue weighted by molar-refractivity contribution is -0.124. The Hall–Kier alpha value is -1.09. The number of hydrogen-bond acceptors (Lipinski definition) is 1. The van der Waals surface area contributed by atoms with E-state index in [1.165, 1.54) is 18.2 Å². The molecule has 0 saturated carbocycles. The normalized spacial score (nSPS) is 11.3. The van der Waals surface area contributed by atoms with E-state index < -0.39 is 11.2 Å². The van der Waals surface area contributed by atoms with Gasteiger partial charge in [-0.1, -0.05) is 32.4 Å². The summed E-state index contributed by atoms with van der Waals surface area (Å²) in [4.78, 5) is 11.8. The molecular weight excluding hydrogens is 229 g/mol. The lowest BCUT2D eigenvalue weighted by Gasteiger charge is -2.21. The first kappa shape index (κ1) is 13.0. The smallest absolute Gasteiger partial charge is 0.230 e. The second kappa shape index (κ2) is 4.83. The third-order valence-electron chi connectivity index (χ3n) is 2.68. The third kappa shape index (κ3) is 2.95. The summed E-state index contributed by atoms with van der Waals surface area (Å²) < 4.78 is 12.9. The molecule has 0 aliphatic carbocycles. The Morgan fingerprint density at radius 3 is 2.62 bits per heavy atom. The van der Waals surface area contributed by atoms with E-state index >= 15 is 0 Å². The van der Waals surface area contributed by atoms with Gasteiger partial charge in [0.15, 0.2) is 0 Å². The number of amides is 1. The van der Waals surface area contributed by atoms with Gasteiger partial charge in [0.05, 0.1) is 5.02 Å². The second-order valence-corrected chi connectivity index (χ2v) is 4.73. The summed E-state index contributed by atoms with van der Waals surface area (Å²) in [6.07, 6.45) is 0.730. The molecule has 0 spiro atoms. The first-order valence-electron chi connectivity index (χ1n) is 5.13. The first-order chi connectivity index (χ1) is 7.36. The van der Waals surface area contributed by atoms with Crippen molar-refractivity contribution in [1.29, 1.82) is 0 Å². The van der Waals surface area contributed by atoms with Crippen molar-refractivity contribution in [2.75, 3.05) is 5.32 Å². The molecule has 1 aromatic carbocycles. The van der Waals surface area contributed by atoms with Crippen LogP contribution in [0.1, 0.15) is 27.2 Å². The lowest BCUT2D eigenvalue weighted by atomic mass is 9.89. The highest BCUT2D eigenvalue weighted by molar-refractivity contribution is 6.31. The van der Waals surface area contributed by atoms with E-state index in [-0.39, 0.29) is 10.9 Å². The molecule has 2 nitrogen and oxygen atoms in total. The molecule has 1 N–H and O–H groups in total. The van der Waals surface area contributed by atoms with E-state index in [2.05, 4.69) is 5.32 Å². The monoisotopic (exact) mass is 243 g/mol. The predicted molar refractivity (Wildman–Crippen MR) is 64.1 cm³/mol. The maximum atomic E-state index is 12.9. The van der Waals surface area contributed by atoms with E-state index in [0.29, 0.717) is 5.69 Å². The summed E-state index contributed by atoms with van der Waals surface area (Å²) in [5.74, 6) is -0.591. The summed E-state index contributed by atoms with van der Waals surface area (Å²) in [6.45, 7) is 5.65. The number of carbonyl (C=O) groups excluding carboxylic acids is 1. The zero-order valence-corrected chi connectivity index (χ0v) is 10.4. The van der Waals surface area contributed by atoms with Crippen LogP contribution in [0.2, 0.25) is 5.02 Å². The molecule has 0 aliphatic rings. The van der Waals surface area contributed by atoms with Gasteiger partial charge >= 0.3 is 0 Å². The van der Waals surface area contributed by atoms with Gasteiger partial charge in [-0.15, -0.1) is 0 Å². The lowest BCUT2D eigenvalue weighted by Crippen LogP contribution is -2.29. The molecule has 1 amide bonds. The Bertz CT molecular complexity index is 404. The molecule has 1 rings (SSSR count). The van der Waals surface area contributed by atoms with Gasteiger partial charge in [0.25, 0.3) is 0 Å². The quantitative estimate of drug-likeness (QED) is 0.858. The molecular formula is C12H15ClFNO. The zero-order chi connectivity index (χ0) is 12.3. The van der Waals surface area contributed by atoms with Gasteiger partial charge in [0, 0.05) is 11.1 Å². The summed E-state index contributed by atoms with van der Waals surface area (Å²) in [5.41, 5.74) is 0.0684. The van der Waals surface area contributed by atoms with Crippen LogP contribution < -0.4 is 5.32 Å². The van der Waals surface area contributed by atoms with Gasteiger partial charge in [-0.05, 0) is 24.6 Å². The highest BCUT2D eigenvalue weighted by atomic mass is 35.5. The van der Waals surface area contributed by atoms with Crippen molar-refractivity contribution in [3.8, 4) is 0 Å². The van der Waals surface area contributed by atoms with Crippen molar-refractivity contribution < 1.29 is 9.18 Å². The van der Waals surface area contributed by atoms with E-state index in [4.69, 9.17) is 11.6 Å². The Morgan fingerprint density at radius 1 is 1.50 bits per heavy atom. The maximum absolute atomic E-state index is 12.9. The number of anilines is 1. The fraction of sp³-hybridized carbons (Fsp3) is 0.417. The average molecular weight is 244 g/mol. The number of carbonyl (C=O) groups is 1. The van der Waals surface area contributed by atoms with Crippen LogP contribution in [-0.2, 0) is 4.79 Å². The minimum atomic E-state index is -0.491. The van der Waals surface area contributed by atoms with Crippen molar-refractivity contribution in [1.82, 2.24) is 0 Å². The number of nitrogens with one attached hydrogen (secondary N) is 1. The summed E-state index contributed by atoms with van der Waals surface area (Å²) in [7, 11) is 0. The van der Waals surface area contributed by atoms with Gasteiger partial charge in [0.2, 0.25) is 5.91 Å². The molecule has 0 saturated heterocycles. The molecule has 0 bridgehead atoms. The van der Waals surface area contributed by atoms with Gasteiger partial charge in [-0.3, -0.25) is 4.79 Å². The van der Waals surface area contributed by atoms with Crippen molar-refractivity contribution in [3.63, 3.8) is 0 Å². The van der Waals surface area contributed by atoms with Crippen LogP contribution in [0.3, 0.4) is 0 Å². The molecule has 16 heavy (non-hydrogen) atoms. The van der Waals surface area contributed by atoms with Crippen LogP contribution in [0.5, 0.6) is 0 Å². The van der Waals surface area contributed by atoms with Crippen LogP contribution in [0.4, 0.5) is 10.1 Å². The number of rotatable bonds is 3. The second-order valence-electron chi connectivity index (χ2n) is 4.32. The Kier molecular flexibility index (Phi) is 3.92. The van der Waals surface area contributed by atoms with Crippen LogP contribution in [0.25, 0.3) is 0 Å². The van der Waals surface area contributed by atoms with Crippen molar-refractivity contribution in [2.45, 2.75) is 27.2 Å². The molecule has 0 fully saturated rings. The van der Waals surface area contributed by atoms with E-state index in [1.807, 2.05) is 20.8 Å². The number of benzene rings is 1. The minimum absolute atomic E-state index is 0.00658. The fourth-order valence-corrected chi connectivity index (χ4v) is 1.22. The van der Waals surface area contributed by atoms with Crippen molar-refractivity contribution in [2.24, 2.45) is 5.41 Å². The summed E-state index contributed by atoms with van der Waals surface area (Å²) in [5, 5.41) is 2.72. The highest BCUT2D eigenvalue weighted by Crippen LogP contribution is 2.24. The van der Waals surface area contributed by atoms with Gasteiger partial charge < -0.3 is 5.32 Å². The molecule has 0 atom stereocenters. The molecule has 0 radical (unpaired) electrons. The molecule has 88 valence electrons. The topological polar surface area (TPSA) is 29.1 Å². The number of halogens is 2. The molecule has 0 aliphatic heterocycles. The molecule has 0 unspecified atom stereocenters. The highest BCUT2D eigenvalue weighted by Gasteiger charge is 2.25. The van der Waals surface area contributed by atoms with Crippen LogP contribution in [0.15, 0.2) is 18.2 Å². The largest absolute Gasteiger partial charge is 0.326 e. The van der Waals surface area contributed by atoms with Crippen molar-refractivity contribution in [3.05, 3.63) is 29.0 Å². The number of hydrogen-bond donors (Lipinski definition) is 1.